The first-order chi connectivity index (χ1) is 13.6. The molecular weight excluding hydrogens is 379 g/mol. The minimum Gasteiger partial charge on any atom is -0.495 e. The van der Waals surface area contributed by atoms with Crippen LogP contribution in [0.4, 0.5) is 10.1 Å². The lowest BCUT2D eigenvalue weighted by atomic mass is 10.1. The summed E-state index contributed by atoms with van der Waals surface area (Å²) in [5.41, 5.74) is 0.695. The zero-order valence-corrected chi connectivity index (χ0v) is 16.5. The molecule has 0 saturated carbocycles. The van der Waals surface area contributed by atoms with Crippen LogP contribution in [0.5, 0.6) is 5.75 Å². The number of hydrogen-bond donors (Lipinski definition) is 1. The molecule has 2 aromatic rings. The van der Waals surface area contributed by atoms with E-state index in [9.17, 15) is 14.0 Å². The van der Waals surface area contributed by atoms with Gasteiger partial charge in [0.15, 0.2) is 0 Å². The number of rotatable bonds is 8. The first-order valence-electron chi connectivity index (χ1n) is 9.18. The molecule has 0 aromatic heterocycles. The molecule has 1 aliphatic rings. The molecule has 5 nitrogen and oxygen atoms in total. The van der Waals surface area contributed by atoms with Gasteiger partial charge in [-0.1, -0.05) is 12.1 Å². The van der Waals surface area contributed by atoms with E-state index in [1.54, 1.807) is 42.0 Å². The standard InChI is InChI=1S/C21H23FN2O3S/c1-27-19-6-3-2-5-18(19)24-14-15(13-20(24)25)21(26)23-11-4-12-28-17-9-7-16(22)8-10-17/h2-3,5-10,15H,4,11-14H2,1H3,(H,23,26). The van der Waals surface area contributed by atoms with Gasteiger partial charge in [-0.3, -0.25) is 9.59 Å². The fourth-order valence-corrected chi connectivity index (χ4v) is 3.97. The fourth-order valence-electron chi connectivity index (χ4n) is 3.12. The number of ether oxygens (including phenoxy) is 1. The summed E-state index contributed by atoms with van der Waals surface area (Å²) in [5.74, 6) is 0.666. The van der Waals surface area contributed by atoms with Crippen molar-refractivity contribution in [3.05, 3.63) is 54.3 Å². The Balaban J connectivity index is 1.44. The smallest absolute Gasteiger partial charge is 0.227 e. The van der Waals surface area contributed by atoms with Crippen molar-refractivity contribution >= 4 is 29.3 Å². The summed E-state index contributed by atoms with van der Waals surface area (Å²) in [6.07, 6.45) is 0.999. The van der Waals surface area contributed by atoms with Crippen LogP contribution in [0, 0.1) is 11.7 Å². The molecule has 1 unspecified atom stereocenters. The van der Waals surface area contributed by atoms with E-state index < -0.39 is 0 Å². The van der Waals surface area contributed by atoms with Crippen LogP contribution in [0.1, 0.15) is 12.8 Å². The number of para-hydroxylation sites is 2. The second-order valence-electron chi connectivity index (χ2n) is 6.52. The molecule has 2 aromatic carbocycles. The summed E-state index contributed by atoms with van der Waals surface area (Å²) in [6.45, 7) is 0.905. The van der Waals surface area contributed by atoms with E-state index in [0.29, 0.717) is 24.5 Å². The van der Waals surface area contributed by atoms with Gasteiger partial charge in [-0.25, -0.2) is 4.39 Å². The summed E-state index contributed by atoms with van der Waals surface area (Å²) in [4.78, 5) is 27.4. The Labute approximate surface area is 168 Å². The number of benzene rings is 2. The third-order valence-corrected chi connectivity index (χ3v) is 5.67. The normalized spacial score (nSPS) is 16.3. The molecule has 1 saturated heterocycles. The van der Waals surface area contributed by atoms with E-state index in [2.05, 4.69) is 5.32 Å². The van der Waals surface area contributed by atoms with Crippen molar-refractivity contribution in [2.45, 2.75) is 17.7 Å². The maximum atomic E-state index is 12.9. The average Bonchev–Trinajstić information content (AvgIpc) is 3.10. The van der Waals surface area contributed by atoms with Crippen molar-refractivity contribution in [2.24, 2.45) is 5.92 Å². The van der Waals surface area contributed by atoms with Crippen LogP contribution in [0.2, 0.25) is 0 Å². The SMILES string of the molecule is COc1ccccc1N1CC(C(=O)NCCCSc2ccc(F)cc2)CC1=O. The number of nitrogens with zero attached hydrogens (tertiary/aromatic N) is 1. The van der Waals surface area contributed by atoms with Gasteiger partial charge in [-0.05, 0) is 48.6 Å². The molecule has 0 spiro atoms. The maximum absolute atomic E-state index is 12.9. The van der Waals surface area contributed by atoms with Gasteiger partial charge in [-0.15, -0.1) is 11.8 Å². The predicted molar refractivity (Wildman–Crippen MR) is 108 cm³/mol. The number of amides is 2. The van der Waals surface area contributed by atoms with E-state index in [0.717, 1.165) is 17.1 Å². The number of methoxy groups -OCH3 is 1. The monoisotopic (exact) mass is 402 g/mol. The van der Waals surface area contributed by atoms with Crippen LogP contribution in [-0.2, 0) is 9.59 Å². The summed E-state index contributed by atoms with van der Waals surface area (Å²) >= 11 is 1.62. The molecule has 1 heterocycles. The van der Waals surface area contributed by atoms with Crippen molar-refractivity contribution in [1.82, 2.24) is 5.32 Å². The van der Waals surface area contributed by atoms with Gasteiger partial charge >= 0.3 is 0 Å². The Morgan fingerprint density at radius 2 is 2.00 bits per heavy atom. The number of anilines is 1. The molecule has 1 aliphatic heterocycles. The third-order valence-electron chi connectivity index (χ3n) is 4.57. The van der Waals surface area contributed by atoms with E-state index in [-0.39, 0.29) is 30.0 Å². The van der Waals surface area contributed by atoms with Crippen molar-refractivity contribution in [2.75, 3.05) is 30.9 Å². The molecule has 3 rings (SSSR count). The summed E-state index contributed by atoms with van der Waals surface area (Å²) in [6, 6.07) is 13.7. The number of nitrogens with one attached hydrogen (secondary N) is 1. The van der Waals surface area contributed by atoms with Crippen LogP contribution in [0.3, 0.4) is 0 Å². The van der Waals surface area contributed by atoms with E-state index in [1.807, 2.05) is 18.2 Å². The highest BCUT2D eigenvalue weighted by Crippen LogP contribution is 2.32. The fraction of sp³-hybridized carbons (Fsp3) is 0.333. The molecule has 1 atom stereocenters. The van der Waals surface area contributed by atoms with Crippen molar-refractivity contribution in [3.63, 3.8) is 0 Å². The largest absolute Gasteiger partial charge is 0.495 e. The first-order valence-corrected chi connectivity index (χ1v) is 10.2. The van der Waals surface area contributed by atoms with E-state index in [1.165, 1.54) is 12.1 Å². The first kappa shape index (κ1) is 20.2. The van der Waals surface area contributed by atoms with Gasteiger partial charge in [0.25, 0.3) is 0 Å². The van der Waals surface area contributed by atoms with Gasteiger partial charge in [0.1, 0.15) is 11.6 Å². The molecule has 1 fully saturated rings. The molecule has 2 amide bonds. The lowest BCUT2D eigenvalue weighted by molar-refractivity contribution is -0.126. The lowest BCUT2D eigenvalue weighted by Gasteiger charge is -2.19. The predicted octanol–water partition coefficient (Wildman–Crippen LogP) is 3.49. The number of thioether (sulfide) groups is 1. The number of carbonyl (C=O) groups is 2. The highest BCUT2D eigenvalue weighted by Gasteiger charge is 2.35. The third kappa shape index (κ3) is 5.04. The Hall–Kier alpha value is -2.54. The van der Waals surface area contributed by atoms with Crippen LogP contribution >= 0.6 is 11.8 Å². The van der Waals surface area contributed by atoms with Crippen molar-refractivity contribution in [1.29, 1.82) is 0 Å². The minimum atomic E-state index is -0.359. The van der Waals surface area contributed by atoms with Gasteiger partial charge in [0, 0.05) is 24.4 Å². The number of halogens is 1. The molecule has 0 aliphatic carbocycles. The topological polar surface area (TPSA) is 58.6 Å². The molecular formula is C21H23FN2O3S. The summed E-state index contributed by atoms with van der Waals surface area (Å²) < 4.78 is 18.2. The highest BCUT2D eigenvalue weighted by atomic mass is 32.2. The van der Waals surface area contributed by atoms with Gasteiger partial charge in [0.05, 0.1) is 18.7 Å². The van der Waals surface area contributed by atoms with Crippen LogP contribution in [0.15, 0.2) is 53.4 Å². The highest BCUT2D eigenvalue weighted by molar-refractivity contribution is 7.99. The molecule has 1 N–H and O–H groups in total. The summed E-state index contributed by atoms with van der Waals surface area (Å²) in [7, 11) is 1.56. The Kier molecular flexibility index (Phi) is 6.92. The zero-order valence-electron chi connectivity index (χ0n) is 15.7. The van der Waals surface area contributed by atoms with Crippen molar-refractivity contribution in [3.8, 4) is 5.75 Å². The quantitative estimate of drug-likeness (QED) is 0.543. The average molecular weight is 402 g/mol. The zero-order chi connectivity index (χ0) is 19.9. The molecule has 0 bridgehead atoms. The van der Waals surface area contributed by atoms with Crippen LogP contribution < -0.4 is 15.0 Å². The second-order valence-corrected chi connectivity index (χ2v) is 7.69. The van der Waals surface area contributed by atoms with Crippen LogP contribution in [-0.4, -0.2) is 37.8 Å². The van der Waals surface area contributed by atoms with Gasteiger partial charge in [-0.2, -0.15) is 0 Å². The molecule has 0 radical (unpaired) electrons. The van der Waals surface area contributed by atoms with Gasteiger partial charge < -0.3 is 15.0 Å². The van der Waals surface area contributed by atoms with E-state index in [4.69, 9.17) is 4.74 Å². The minimum absolute atomic E-state index is 0.0727. The molecule has 7 heteroatoms. The Bertz CT molecular complexity index is 829. The lowest BCUT2D eigenvalue weighted by Crippen LogP contribution is -2.33. The maximum Gasteiger partial charge on any atom is 0.227 e. The van der Waals surface area contributed by atoms with Crippen LogP contribution in [0.25, 0.3) is 0 Å². The number of hydrogen-bond acceptors (Lipinski definition) is 4. The van der Waals surface area contributed by atoms with Crippen molar-refractivity contribution < 1.29 is 18.7 Å². The molecule has 148 valence electrons. The Morgan fingerprint density at radius 1 is 1.25 bits per heavy atom. The van der Waals surface area contributed by atoms with E-state index >= 15 is 0 Å². The second kappa shape index (κ2) is 9.59. The summed E-state index contributed by atoms with van der Waals surface area (Å²) in [5, 5.41) is 2.92. The number of carbonyl (C=O) groups excluding carboxylic acids is 2. The molecule has 28 heavy (non-hydrogen) atoms. The Morgan fingerprint density at radius 3 is 2.75 bits per heavy atom. The van der Waals surface area contributed by atoms with Gasteiger partial charge in [0.2, 0.25) is 11.8 Å².